The fraction of sp³-hybridized carbons (Fsp3) is 0.419. The average Bonchev–Trinajstić information content (AvgIpc) is 2.98. The number of piperidine rings is 1. The third kappa shape index (κ3) is 6.73. The van der Waals surface area contributed by atoms with Crippen molar-refractivity contribution in [3.05, 3.63) is 71.7 Å². The molecule has 1 aromatic heterocycles. The lowest BCUT2D eigenvalue weighted by Crippen LogP contribution is -2.43. The van der Waals surface area contributed by atoms with E-state index in [1.807, 2.05) is 29.2 Å². The molecule has 2 aliphatic rings. The molecule has 1 atom stereocenters. The molecule has 0 aliphatic carbocycles. The predicted octanol–water partition coefficient (Wildman–Crippen LogP) is 4.61. The first-order valence-electron chi connectivity index (χ1n) is 13.8. The van der Waals surface area contributed by atoms with Crippen molar-refractivity contribution < 1.29 is 14.3 Å². The van der Waals surface area contributed by atoms with Crippen LogP contribution in [0.4, 0.5) is 5.69 Å². The molecule has 0 unspecified atom stereocenters. The Morgan fingerprint density at radius 3 is 2.69 bits per heavy atom. The molecule has 1 amide bonds. The molecular weight excluding hydrogens is 490 g/mol. The van der Waals surface area contributed by atoms with Crippen molar-refractivity contribution in [3.63, 3.8) is 0 Å². The molecule has 0 N–H and O–H groups in total. The Hall–Kier alpha value is -3.96. The minimum Gasteiger partial charge on any atom is -0.492 e. The maximum Gasteiger partial charge on any atom is 0.219 e. The molecule has 5 rings (SSSR count). The first-order chi connectivity index (χ1) is 19.1. The highest BCUT2D eigenvalue weighted by Crippen LogP contribution is 2.27. The van der Waals surface area contributed by atoms with Gasteiger partial charge in [-0.1, -0.05) is 12.1 Å². The van der Waals surface area contributed by atoms with Crippen LogP contribution in [0.25, 0.3) is 11.3 Å². The van der Waals surface area contributed by atoms with Crippen molar-refractivity contribution in [1.82, 2.24) is 14.9 Å². The summed E-state index contributed by atoms with van der Waals surface area (Å²) in [6.07, 6.45) is 6.34. The Balaban J connectivity index is 1.22. The number of benzene rings is 2. The van der Waals surface area contributed by atoms with Gasteiger partial charge in [0.1, 0.15) is 17.6 Å². The van der Waals surface area contributed by atoms with Gasteiger partial charge in [-0.15, -0.1) is 0 Å². The summed E-state index contributed by atoms with van der Waals surface area (Å²) in [4.78, 5) is 25.5. The fourth-order valence-electron chi connectivity index (χ4n) is 5.40. The number of carbonyl (C=O) groups excluding carboxylic acids is 1. The van der Waals surface area contributed by atoms with Gasteiger partial charge in [-0.05, 0) is 61.2 Å². The SMILES string of the molecule is CC(=O)N1CCCC[C@@H]1CCOc1ccc(-c2ccnc(Cc3ccc(N4CCOCC4)cc3)n2)cc1C#N. The topological polar surface area (TPSA) is 91.6 Å². The Morgan fingerprint density at radius 2 is 1.92 bits per heavy atom. The number of morpholine rings is 1. The number of nitriles is 1. The largest absolute Gasteiger partial charge is 0.492 e. The van der Waals surface area contributed by atoms with Crippen LogP contribution in [0.5, 0.6) is 5.75 Å². The number of likely N-dealkylation sites (tertiary alicyclic amines) is 1. The number of ether oxygens (including phenoxy) is 2. The van der Waals surface area contributed by atoms with Crippen LogP contribution in [0.3, 0.4) is 0 Å². The lowest BCUT2D eigenvalue weighted by atomic mass is 9.99. The summed E-state index contributed by atoms with van der Waals surface area (Å²) in [6.45, 7) is 6.28. The van der Waals surface area contributed by atoms with Gasteiger partial charge in [0.25, 0.3) is 0 Å². The highest BCUT2D eigenvalue weighted by Gasteiger charge is 2.24. The van der Waals surface area contributed by atoms with E-state index in [9.17, 15) is 10.1 Å². The van der Waals surface area contributed by atoms with Crippen LogP contribution in [0.1, 0.15) is 49.6 Å². The standard InChI is InChI=1S/C31H35N5O3/c1-23(37)36-14-3-2-4-28(36)12-17-39-30-10-7-25(21-26(30)22-32)29-11-13-33-31(34-29)20-24-5-8-27(9-6-24)35-15-18-38-19-16-35/h5-11,13,21,28H,2-4,12,14-20H2,1H3/t28-/m1/s1. The molecule has 2 saturated heterocycles. The summed E-state index contributed by atoms with van der Waals surface area (Å²) in [5.41, 5.74) is 4.44. The summed E-state index contributed by atoms with van der Waals surface area (Å²) >= 11 is 0. The lowest BCUT2D eigenvalue weighted by molar-refractivity contribution is -0.132. The van der Waals surface area contributed by atoms with E-state index in [0.717, 1.165) is 81.2 Å². The molecular formula is C31H35N5O3. The maximum atomic E-state index is 11.9. The molecule has 0 radical (unpaired) electrons. The fourth-order valence-corrected chi connectivity index (χ4v) is 5.40. The second-order valence-corrected chi connectivity index (χ2v) is 10.1. The molecule has 8 nitrogen and oxygen atoms in total. The van der Waals surface area contributed by atoms with Gasteiger partial charge in [0.05, 0.1) is 31.1 Å². The van der Waals surface area contributed by atoms with Crippen LogP contribution < -0.4 is 9.64 Å². The summed E-state index contributed by atoms with van der Waals surface area (Å²) in [5, 5.41) is 9.79. The predicted molar refractivity (Wildman–Crippen MR) is 150 cm³/mol. The van der Waals surface area contributed by atoms with Crippen LogP contribution in [0.2, 0.25) is 0 Å². The van der Waals surface area contributed by atoms with E-state index in [0.29, 0.717) is 24.3 Å². The smallest absolute Gasteiger partial charge is 0.219 e. The molecule has 202 valence electrons. The highest BCUT2D eigenvalue weighted by atomic mass is 16.5. The molecule has 2 aliphatic heterocycles. The van der Waals surface area contributed by atoms with Gasteiger partial charge in [-0.3, -0.25) is 4.79 Å². The molecule has 3 aromatic rings. The van der Waals surface area contributed by atoms with Crippen molar-refractivity contribution in [2.24, 2.45) is 0 Å². The number of rotatable bonds is 8. The van der Waals surface area contributed by atoms with E-state index in [4.69, 9.17) is 14.5 Å². The van der Waals surface area contributed by atoms with Gasteiger partial charge in [-0.2, -0.15) is 5.26 Å². The number of anilines is 1. The molecule has 0 spiro atoms. The van der Waals surface area contributed by atoms with E-state index < -0.39 is 0 Å². The number of hydrogen-bond donors (Lipinski definition) is 0. The Bertz CT molecular complexity index is 1310. The monoisotopic (exact) mass is 525 g/mol. The Morgan fingerprint density at radius 1 is 1.10 bits per heavy atom. The van der Waals surface area contributed by atoms with Crippen LogP contribution in [0.15, 0.2) is 54.7 Å². The normalized spacial score (nSPS) is 17.5. The zero-order chi connectivity index (χ0) is 27.0. The Kier molecular flexibility index (Phi) is 8.69. The number of hydrogen-bond acceptors (Lipinski definition) is 7. The van der Waals surface area contributed by atoms with Gasteiger partial charge in [0.15, 0.2) is 0 Å². The average molecular weight is 526 g/mol. The zero-order valence-electron chi connectivity index (χ0n) is 22.5. The summed E-state index contributed by atoms with van der Waals surface area (Å²) in [7, 11) is 0. The van der Waals surface area contributed by atoms with Crippen LogP contribution in [-0.2, 0) is 16.0 Å². The first-order valence-corrected chi connectivity index (χ1v) is 13.8. The van der Waals surface area contributed by atoms with Gasteiger partial charge >= 0.3 is 0 Å². The highest BCUT2D eigenvalue weighted by molar-refractivity contribution is 5.73. The van der Waals surface area contributed by atoms with Crippen molar-refractivity contribution >= 4 is 11.6 Å². The van der Waals surface area contributed by atoms with Crippen molar-refractivity contribution in [1.29, 1.82) is 5.26 Å². The molecule has 0 saturated carbocycles. The quantitative estimate of drug-likeness (QED) is 0.424. The third-order valence-electron chi connectivity index (χ3n) is 7.52. The minimum absolute atomic E-state index is 0.121. The maximum absolute atomic E-state index is 11.9. The summed E-state index contributed by atoms with van der Waals surface area (Å²) < 4.78 is 11.5. The van der Waals surface area contributed by atoms with Gasteiger partial charge in [0, 0.05) is 62.9 Å². The number of carbonyl (C=O) groups is 1. The number of amides is 1. The van der Waals surface area contributed by atoms with E-state index in [1.165, 1.54) is 5.69 Å². The van der Waals surface area contributed by atoms with E-state index >= 15 is 0 Å². The van der Waals surface area contributed by atoms with E-state index in [-0.39, 0.29) is 11.9 Å². The van der Waals surface area contributed by atoms with Crippen LogP contribution in [-0.4, -0.2) is 66.3 Å². The Labute approximate surface area is 230 Å². The van der Waals surface area contributed by atoms with Crippen LogP contribution >= 0.6 is 0 Å². The lowest BCUT2D eigenvalue weighted by Gasteiger charge is -2.35. The van der Waals surface area contributed by atoms with Crippen molar-refractivity contribution in [3.8, 4) is 23.1 Å². The first kappa shape index (κ1) is 26.6. The van der Waals surface area contributed by atoms with Gasteiger partial charge < -0.3 is 19.3 Å². The zero-order valence-corrected chi connectivity index (χ0v) is 22.5. The minimum atomic E-state index is 0.121. The van der Waals surface area contributed by atoms with Crippen LogP contribution in [0, 0.1) is 11.3 Å². The summed E-state index contributed by atoms with van der Waals surface area (Å²) in [6, 6.07) is 18.5. The second-order valence-electron chi connectivity index (χ2n) is 10.1. The molecule has 3 heterocycles. The molecule has 0 bridgehead atoms. The second kappa shape index (κ2) is 12.7. The number of nitrogens with zero attached hydrogens (tertiary/aromatic N) is 5. The molecule has 39 heavy (non-hydrogen) atoms. The van der Waals surface area contributed by atoms with Gasteiger partial charge in [0.2, 0.25) is 5.91 Å². The third-order valence-corrected chi connectivity index (χ3v) is 7.52. The molecule has 2 aromatic carbocycles. The van der Waals surface area contributed by atoms with Crippen molar-refractivity contribution in [2.75, 3.05) is 44.4 Å². The van der Waals surface area contributed by atoms with Crippen molar-refractivity contribution in [2.45, 2.75) is 45.1 Å². The summed E-state index contributed by atoms with van der Waals surface area (Å²) in [5.74, 6) is 1.41. The molecule has 8 heteroatoms. The van der Waals surface area contributed by atoms with Gasteiger partial charge in [-0.25, -0.2) is 9.97 Å². The molecule has 2 fully saturated rings. The van der Waals surface area contributed by atoms with E-state index in [2.05, 4.69) is 40.2 Å². The van der Waals surface area contributed by atoms with E-state index in [1.54, 1.807) is 13.1 Å². The number of aromatic nitrogens is 2.